The van der Waals surface area contributed by atoms with E-state index in [1.165, 1.54) is 11.1 Å². The third kappa shape index (κ3) is 4.02. The molecule has 0 saturated carbocycles. The summed E-state index contributed by atoms with van der Waals surface area (Å²) in [4.78, 5) is 0. The maximum absolute atomic E-state index is 5.76. The predicted octanol–water partition coefficient (Wildman–Crippen LogP) is 2.15. The van der Waals surface area contributed by atoms with Gasteiger partial charge in [0.15, 0.2) is 0 Å². The summed E-state index contributed by atoms with van der Waals surface area (Å²) in [5, 5.41) is 0. The molecule has 0 saturated heterocycles. The summed E-state index contributed by atoms with van der Waals surface area (Å²) >= 11 is 0. The van der Waals surface area contributed by atoms with Crippen LogP contribution in [0, 0.1) is 12.8 Å². The topological polar surface area (TPSA) is 35.2 Å². The number of ether oxygens (including phenoxy) is 1. The summed E-state index contributed by atoms with van der Waals surface area (Å²) in [5.74, 6) is 0.533. The molecule has 1 rings (SSSR count). The number of hydrogen-bond donors (Lipinski definition) is 1. The van der Waals surface area contributed by atoms with Gasteiger partial charge >= 0.3 is 0 Å². The summed E-state index contributed by atoms with van der Waals surface area (Å²) < 4.78 is 5.09. The Morgan fingerprint density at radius 2 is 2.07 bits per heavy atom. The predicted molar refractivity (Wildman–Crippen MR) is 63.9 cm³/mol. The molecule has 15 heavy (non-hydrogen) atoms. The molecule has 0 fully saturated rings. The second-order valence-corrected chi connectivity index (χ2v) is 4.01. The van der Waals surface area contributed by atoms with Crippen LogP contribution in [-0.2, 0) is 11.2 Å². The summed E-state index contributed by atoms with van der Waals surface area (Å²) in [6, 6.07) is 8.50. The molecule has 0 aliphatic heterocycles. The van der Waals surface area contributed by atoms with E-state index in [-0.39, 0.29) is 0 Å². The zero-order valence-electron chi connectivity index (χ0n) is 9.70. The molecule has 2 nitrogen and oxygen atoms in total. The van der Waals surface area contributed by atoms with Gasteiger partial charge in [-0.2, -0.15) is 0 Å². The Bertz CT molecular complexity index is 286. The van der Waals surface area contributed by atoms with E-state index >= 15 is 0 Å². The van der Waals surface area contributed by atoms with Crippen LogP contribution in [0.15, 0.2) is 24.3 Å². The molecule has 0 heterocycles. The van der Waals surface area contributed by atoms with Crippen molar-refractivity contribution in [3.05, 3.63) is 35.4 Å². The van der Waals surface area contributed by atoms with Gasteiger partial charge in [0.05, 0.1) is 0 Å². The first kappa shape index (κ1) is 12.2. The van der Waals surface area contributed by atoms with Gasteiger partial charge in [0.2, 0.25) is 0 Å². The average Bonchev–Trinajstić information content (AvgIpc) is 2.26. The van der Waals surface area contributed by atoms with Gasteiger partial charge in [-0.15, -0.1) is 0 Å². The van der Waals surface area contributed by atoms with Crippen LogP contribution in [0.2, 0.25) is 0 Å². The van der Waals surface area contributed by atoms with E-state index in [4.69, 9.17) is 10.5 Å². The summed E-state index contributed by atoms with van der Waals surface area (Å²) in [5.41, 5.74) is 8.52. The number of benzene rings is 1. The lowest BCUT2D eigenvalue weighted by Crippen LogP contribution is -2.19. The fraction of sp³-hybridized carbons (Fsp3) is 0.538. The second kappa shape index (κ2) is 6.59. The molecule has 1 aromatic carbocycles. The van der Waals surface area contributed by atoms with Crippen LogP contribution in [-0.4, -0.2) is 20.3 Å². The Balaban J connectivity index is 2.54. The van der Waals surface area contributed by atoms with Crippen LogP contribution in [0.1, 0.15) is 17.5 Å². The first-order valence-electron chi connectivity index (χ1n) is 5.51. The summed E-state index contributed by atoms with van der Waals surface area (Å²) in [6.07, 6.45) is 2.11. The first-order valence-corrected chi connectivity index (χ1v) is 5.51. The lowest BCUT2D eigenvalue weighted by Gasteiger charge is -2.15. The minimum atomic E-state index is 0.533. The smallest absolute Gasteiger partial charge is 0.0465 e. The van der Waals surface area contributed by atoms with Crippen molar-refractivity contribution >= 4 is 0 Å². The van der Waals surface area contributed by atoms with E-state index in [1.54, 1.807) is 7.11 Å². The van der Waals surface area contributed by atoms with Crippen molar-refractivity contribution < 1.29 is 4.74 Å². The standard InChI is InChI=1S/C13H21NO/c1-11-5-3-4-6-13(11)9-12(10-14)7-8-15-2/h3-6,12H,7-10,14H2,1-2H3. The fourth-order valence-corrected chi connectivity index (χ4v) is 1.74. The summed E-state index contributed by atoms with van der Waals surface area (Å²) in [6.45, 7) is 3.69. The molecule has 0 bridgehead atoms. The first-order chi connectivity index (χ1) is 7.27. The van der Waals surface area contributed by atoms with Gasteiger partial charge < -0.3 is 10.5 Å². The number of nitrogens with two attached hydrogens (primary N) is 1. The van der Waals surface area contributed by atoms with Gasteiger partial charge in [-0.1, -0.05) is 24.3 Å². The highest BCUT2D eigenvalue weighted by molar-refractivity contribution is 5.25. The molecular formula is C13H21NO. The van der Waals surface area contributed by atoms with Crippen LogP contribution < -0.4 is 5.73 Å². The molecule has 0 spiro atoms. The van der Waals surface area contributed by atoms with Crippen molar-refractivity contribution in [2.45, 2.75) is 19.8 Å². The molecular weight excluding hydrogens is 186 g/mol. The maximum atomic E-state index is 5.76. The van der Waals surface area contributed by atoms with Crippen molar-refractivity contribution in [3.63, 3.8) is 0 Å². The molecule has 0 aliphatic rings. The van der Waals surface area contributed by atoms with Gasteiger partial charge in [-0.3, -0.25) is 0 Å². The monoisotopic (exact) mass is 207 g/mol. The molecule has 0 aromatic heterocycles. The highest BCUT2D eigenvalue weighted by atomic mass is 16.5. The van der Waals surface area contributed by atoms with Crippen molar-refractivity contribution in [2.75, 3.05) is 20.3 Å². The van der Waals surface area contributed by atoms with Gasteiger partial charge in [-0.05, 0) is 43.4 Å². The molecule has 0 aliphatic carbocycles. The van der Waals surface area contributed by atoms with E-state index in [2.05, 4.69) is 31.2 Å². The van der Waals surface area contributed by atoms with Crippen LogP contribution in [0.3, 0.4) is 0 Å². The lowest BCUT2D eigenvalue weighted by molar-refractivity contribution is 0.178. The highest BCUT2D eigenvalue weighted by Gasteiger charge is 2.08. The number of hydrogen-bond acceptors (Lipinski definition) is 2. The van der Waals surface area contributed by atoms with Crippen LogP contribution in [0.25, 0.3) is 0 Å². The molecule has 2 N–H and O–H groups in total. The van der Waals surface area contributed by atoms with Gasteiger partial charge in [-0.25, -0.2) is 0 Å². The SMILES string of the molecule is COCCC(CN)Cc1ccccc1C. The van der Waals surface area contributed by atoms with E-state index in [0.717, 1.165) is 26.0 Å². The van der Waals surface area contributed by atoms with E-state index in [9.17, 15) is 0 Å². The highest BCUT2D eigenvalue weighted by Crippen LogP contribution is 2.15. The molecule has 2 heteroatoms. The minimum Gasteiger partial charge on any atom is -0.385 e. The molecule has 1 unspecified atom stereocenters. The van der Waals surface area contributed by atoms with Gasteiger partial charge in [0.1, 0.15) is 0 Å². The normalized spacial score (nSPS) is 12.7. The molecule has 1 aromatic rings. The average molecular weight is 207 g/mol. The second-order valence-electron chi connectivity index (χ2n) is 4.01. The molecule has 0 amide bonds. The largest absolute Gasteiger partial charge is 0.385 e. The number of methoxy groups -OCH3 is 1. The van der Waals surface area contributed by atoms with E-state index < -0.39 is 0 Å². The Morgan fingerprint density at radius 1 is 1.33 bits per heavy atom. The maximum Gasteiger partial charge on any atom is 0.0465 e. The van der Waals surface area contributed by atoms with Crippen molar-refractivity contribution in [1.29, 1.82) is 0 Å². The van der Waals surface area contributed by atoms with Crippen molar-refractivity contribution in [1.82, 2.24) is 0 Å². The van der Waals surface area contributed by atoms with Crippen molar-refractivity contribution in [3.8, 4) is 0 Å². The number of aryl methyl sites for hydroxylation is 1. The Morgan fingerprint density at radius 3 is 2.67 bits per heavy atom. The molecule has 84 valence electrons. The molecule has 0 radical (unpaired) electrons. The van der Waals surface area contributed by atoms with Crippen LogP contribution in [0.4, 0.5) is 0 Å². The zero-order valence-corrected chi connectivity index (χ0v) is 9.70. The summed E-state index contributed by atoms with van der Waals surface area (Å²) in [7, 11) is 1.74. The quantitative estimate of drug-likeness (QED) is 0.775. The van der Waals surface area contributed by atoms with Crippen LogP contribution >= 0.6 is 0 Å². The zero-order chi connectivity index (χ0) is 11.1. The fourth-order valence-electron chi connectivity index (χ4n) is 1.74. The van der Waals surface area contributed by atoms with E-state index in [0.29, 0.717) is 5.92 Å². The van der Waals surface area contributed by atoms with Gasteiger partial charge in [0, 0.05) is 13.7 Å². The van der Waals surface area contributed by atoms with Crippen molar-refractivity contribution in [2.24, 2.45) is 11.7 Å². The third-order valence-corrected chi connectivity index (χ3v) is 2.83. The van der Waals surface area contributed by atoms with E-state index in [1.807, 2.05) is 0 Å². The number of rotatable bonds is 6. The lowest BCUT2D eigenvalue weighted by atomic mass is 9.94. The molecule has 1 atom stereocenters. The Hall–Kier alpha value is -0.860. The Labute approximate surface area is 92.4 Å². The Kier molecular flexibility index (Phi) is 5.37. The van der Waals surface area contributed by atoms with Crippen LogP contribution in [0.5, 0.6) is 0 Å². The minimum absolute atomic E-state index is 0.533. The van der Waals surface area contributed by atoms with Gasteiger partial charge in [0.25, 0.3) is 0 Å². The third-order valence-electron chi connectivity index (χ3n) is 2.83.